The van der Waals surface area contributed by atoms with Crippen LogP contribution in [0.25, 0.3) is 0 Å². The fourth-order valence-electron chi connectivity index (χ4n) is 3.71. The molecule has 158 valence electrons. The molecule has 1 heterocycles. The van der Waals surface area contributed by atoms with Crippen LogP contribution in [-0.4, -0.2) is 38.3 Å². The van der Waals surface area contributed by atoms with Gasteiger partial charge >= 0.3 is 0 Å². The average molecular weight is 428 g/mol. The fourth-order valence-corrected chi connectivity index (χ4v) is 5.39. The van der Waals surface area contributed by atoms with Gasteiger partial charge in [0.25, 0.3) is 5.91 Å². The van der Waals surface area contributed by atoms with Crippen molar-refractivity contribution in [2.24, 2.45) is 11.8 Å². The summed E-state index contributed by atoms with van der Waals surface area (Å²) >= 11 is 0. The molecule has 2 unspecified atom stereocenters. The Bertz CT molecular complexity index is 1030. The number of nitriles is 1. The van der Waals surface area contributed by atoms with Crippen LogP contribution in [0.4, 0.5) is 5.69 Å². The highest BCUT2D eigenvalue weighted by atomic mass is 32.2. The maximum Gasteiger partial charge on any atom is 0.255 e. The smallest absolute Gasteiger partial charge is 0.255 e. The molecule has 1 aliphatic rings. The first-order valence-electron chi connectivity index (χ1n) is 9.81. The number of nitrogens with zero attached hydrogens (tertiary/aromatic N) is 2. The second kappa shape index (κ2) is 9.28. The summed E-state index contributed by atoms with van der Waals surface area (Å²) < 4.78 is 32.7. The molecule has 0 aliphatic carbocycles. The predicted octanol–water partition coefficient (Wildman–Crippen LogP) is 3.51. The van der Waals surface area contributed by atoms with Gasteiger partial charge in [-0.3, -0.25) is 4.79 Å². The Morgan fingerprint density at radius 1 is 1.17 bits per heavy atom. The number of hydrogen-bond acceptors (Lipinski definition) is 5. The van der Waals surface area contributed by atoms with Gasteiger partial charge in [0.15, 0.2) is 6.61 Å². The van der Waals surface area contributed by atoms with Crippen molar-refractivity contribution in [2.45, 2.75) is 25.2 Å². The molecule has 1 saturated heterocycles. The monoisotopic (exact) mass is 427 g/mol. The number of hydrogen-bond donors (Lipinski definition) is 1. The van der Waals surface area contributed by atoms with Crippen molar-refractivity contribution in [3.8, 4) is 11.8 Å². The molecule has 7 nitrogen and oxygen atoms in total. The zero-order valence-electron chi connectivity index (χ0n) is 17.0. The lowest BCUT2D eigenvalue weighted by atomic mass is 9.94. The molecule has 0 bridgehead atoms. The molecular formula is C22H25N3O4S. The first-order chi connectivity index (χ1) is 14.3. The van der Waals surface area contributed by atoms with E-state index in [0.29, 0.717) is 41.9 Å². The first kappa shape index (κ1) is 21.8. The SMILES string of the molecule is CC1CC(C)CN(S(=O)(=O)c2ccc(C(=O)Nc3cccc(OCC#N)c3)cc2)C1. The molecule has 2 aromatic carbocycles. The molecule has 0 spiro atoms. The Morgan fingerprint density at radius 3 is 2.47 bits per heavy atom. The van der Waals surface area contributed by atoms with Crippen LogP contribution in [0.3, 0.4) is 0 Å². The molecule has 2 atom stereocenters. The van der Waals surface area contributed by atoms with Crippen LogP contribution < -0.4 is 10.1 Å². The van der Waals surface area contributed by atoms with Crippen LogP contribution in [0, 0.1) is 23.2 Å². The van der Waals surface area contributed by atoms with Crippen LogP contribution in [0.5, 0.6) is 5.75 Å². The number of carbonyl (C=O) groups is 1. The largest absolute Gasteiger partial charge is 0.479 e. The number of amides is 1. The van der Waals surface area contributed by atoms with Crippen molar-refractivity contribution in [1.29, 1.82) is 5.26 Å². The maximum atomic E-state index is 13.0. The molecule has 0 saturated carbocycles. The summed E-state index contributed by atoms with van der Waals surface area (Å²) in [7, 11) is -3.58. The summed E-state index contributed by atoms with van der Waals surface area (Å²) in [6.07, 6.45) is 1.02. The third-order valence-corrected chi connectivity index (χ3v) is 6.83. The zero-order valence-corrected chi connectivity index (χ0v) is 17.9. The van der Waals surface area contributed by atoms with E-state index in [2.05, 4.69) is 19.2 Å². The van der Waals surface area contributed by atoms with Gasteiger partial charge in [0.1, 0.15) is 11.8 Å². The predicted molar refractivity (Wildman–Crippen MR) is 114 cm³/mol. The first-order valence-corrected chi connectivity index (χ1v) is 11.2. The molecule has 1 amide bonds. The summed E-state index contributed by atoms with van der Waals surface area (Å²) in [6, 6.07) is 14.6. The van der Waals surface area contributed by atoms with E-state index < -0.39 is 10.0 Å². The van der Waals surface area contributed by atoms with E-state index >= 15 is 0 Å². The quantitative estimate of drug-likeness (QED) is 0.760. The van der Waals surface area contributed by atoms with Gasteiger partial charge in [0.2, 0.25) is 10.0 Å². The van der Waals surface area contributed by atoms with E-state index in [0.717, 1.165) is 6.42 Å². The fraction of sp³-hybridized carbons (Fsp3) is 0.364. The molecule has 8 heteroatoms. The van der Waals surface area contributed by atoms with Crippen molar-refractivity contribution >= 4 is 21.6 Å². The van der Waals surface area contributed by atoms with Crippen LogP contribution >= 0.6 is 0 Å². The van der Waals surface area contributed by atoms with E-state index in [1.54, 1.807) is 24.3 Å². The lowest BCUT2D eigenvalue weighted by molar-refractivity contribution is 0.102. The van der Waals surface area contributed by atoms with Crippen molar-refractivity contribution < 1.29 is 17.9 Å². The highest BCUT2D eigenvalue weighted by molar-refractivity contribution is 7.89. The Kier molecular flexibility index (Phi) is 6.75. The summed E-state index contributed by atoms with van der Waals surface area (Å²) in [5.41, 5.74) is 0.862. The number of rotatable bonds is 6. The zero-order chi connectivity index (χ0) is 21.7. The number of ether oxygens (including phenoxy) is 1. The molecule has 2 aromatic rings. The van der Waals surface area contributed by atoms with Gasteiger partial charge < -0.3 is 10.1 Å². The van der Waals surface area contributed by atoms with Crippen molar-refractivity contribution in [3.05, 3.63) is 54.1 Å². The minimum Gasteiger partial charge on any atom is -0.479 e. The molecule has 1 fully saturated rings. The molecule has 1 N–H and O–H groups in total. The van der Waals surface area contributed by atoms with Crippen molar-refractivity contribution in [1.82, 2.24) is 4.31 Å². The van der Waals surface area contributed by atoms with Gasteiger partial charge in [-0.2, -0.15) is 9.57 Å². The number of nitrogens with one attached hydrogen (secondary N) is 1. The van der Waals surface area contributed by atoms with Crippen LogP contribution in [0.15, 0.2) is 53.4 Å². The van der Waals surface area contributed by atoms with Gasteiger partial charge in [-0.25, -0.2) is 8.42 Å². The Balaban J connectivity index is 1.71. The summed E-state index contributed by atoms with van der Waals surface area (Å²) in [4.78, 5) is 12.7. The number of sulfonamides is 1. The second-order valence-electron chi connectivity index (χ2n) is 7.72. The Labute approximate surface area is 177 Å². The van der Waals surface area contributed by atoms with Crippen molar-refractivity contribution in [3.63, 3.8) is 0 Å². The molecule has 0 aromatic heterocycles. The second-order valence-corrected chi connectivity index (χ2v) is 9.66. The van der Waals surface area contributed by atoms with Gasteiger partial charge in [-0.1, -0.05) is 19.9 Å². The molecule has 0 radical (unpaired) electrons. The lowest BCUT2D eigenvalue weighted by Crippen LogP contribution is -2.42. The number of carbonyl (C=O) groups excluding carboxylic acids is 1. The minimum absolute atomic E-state index is 0.0814. The number of benzene rings is 2. The molecule has 1 aliphatic heterocycles. The molecule has 3 rings (SSSR count). The Hall–Kier alpha value is -2.89. The summed E-state index contributed by atoms with van der Waals surface area (Å²) in [5, 5.41) is 11.3. The van der Waals surface area contributed by atoms with Crippen LogP contribution in [0.2, 0.25) is 0 Å². The Morgan fingerprint density at radius 2 is 1.83 bits per heavy atom. The third kappa shape index (κ3) is 5.17. The minimum atomic E-state index is -3.58. The van der Waals surface area contributed by atoms with E-state index in [-0.39, 0.29) is 17.4 Å². The normalized spacial score (nSPS) is 19.6. The van der Waals surface area contributed by atoms with Gasteiger partial charge in [0.05, 0.1) is 4.90 Å². The van der Waals surface area contributed by atoms with Crippen LogP contribution in [0.1, 0.15) is 30.6 Å². The topological polar surface area (TPSA) is 99.5 Å². The number of anilines is 1. The molecule has 30 heavy (non-hydrogen) atoms. The lowest BCUT2D eigenvalue weighted by Gasteiger charge is -2.34. The van der Waals surface area contributed by atoms with E-state index in [1.165, 1.54) is 28.6 Å². The highest BCUT2D eigenvalue weighted by Gasteiger charge is 2.31. The number of piperidine rings is 1. The van der Waals surface area contributed by atoms with Gasteiger partial charge in [-0.05, 0) is 54.7 Å². The van der Waals surface area contributed by atoms with E-state index in [4.69, 9.17) is 10.00 Å². The van der Waals surface area contributed by atoms with Gasteiger partial charge in [0, 0.05) is 30.4 Å². The van der Waals surface area contributed by atoms with Crippen LogP contribution in [-0.2, 0) is 10.0 Å². The molecular weight excluding hydrogens is 402 g/mol. The van der Waals surface area contributed by atoms with Gasteiger partial charge in [-0.15, -0.1) is 0 Å². The summed E-state index contributed by atoms with van der Waals surface area (Å²) in [5.74, 6) is 0.750. The standard InChI is InChI=1S/C22H25N3O4S/c1-16-12-17(2)15-25(14-16)30(27,28)21-8-6-18(7-9-21)22(26)24-19-4-3-5-20(13-19)29-11-10-23/h3-9,13,16-17H,11-12,14-15H2,1-2H3,(H,24,26). The average Bonchev–Trinajstić information content (AvgIpc) is 2.72. The maximum absolute atomic E-state index is 13.0. The van der Waals surface area contributed by atoms with E-state index in [9.17, 15) is 13.2 Å². The summed E-state index contributed by atoms with van der Waals surface area (Å²) in [6.45, 7) is 5.07. The van der Waals surface area contributed by atoms with E-state index in [1.807, 2.05) is 6.07 Å². The highest BCUT2D eigenvalue weighted by Crippen LogP contribution is 2.27. The third-order valence-electron chi connectivity index (χ3n) is 4.98. The van der Waals surface area contributed by atoms with Crippen molar-refractivity contribution in [2.75, 3.05) is 25.0 Å².